The predicted octanol–water partition coefficient (Wildman–Crippen LogP) is 5.37. The van der Waals surface area contributed by atoms with Crippen molar-refractivity contribution in [3.63, 3.8) is 0 Å². The lowest BCUT2D eigenvalue weighted by Gasteiger charge is -2.41. The third-order valence-electron chi connectivity index (χ3n) is 8.46. The highest BCUT2D eigenvalue weighted by atomic mass is 16.5. The lowest BCUT2D eigenvalue weighted by molar-refractivity contribution is -0.139. The number of hydrogen-bond acceptors (Lipinski definition) is 6. The number of carbonyl (C=O) groups excluding carboxylic acids is 4. The fraction of sp³-hybridized carbons (Fsp3) is 0.371. The van der Waals surface area contributed by atoms with E-state index in [2.05, 4.69) is 10.6 Å². The molecule has 4 rings (SSSR count). The van der Waals surface area contributed by atoms with Crippen LogP contribution < -0.4 is 24.8 Å². The molecule has 45 heavy (non-hydrogen) atoms. The first-order chi connectivity index (χ1) is 21.6. The second kappa shape index (κ2) is 15.3. The summed E-state index contributed by atoms with van der Waals surface area (Å²) in [5, 5.41) is 5.46. The number of anilines is 2. The highest BCUT2D eigenvalue weighted by molar-refractivity contribution is 5.97. The van der Waals surface area contributed by atoms with Crippen molar-refractivity contribution < 1.29 is 28.7 Å². The average molecular weight is 616 g/mol. The van der Waals surface area contributed by atoms with Gasteiger partial charge in [0.25, 0.3) is 5.91 Å². The summed E-state index contributed by atoms with van der Waals surface area (Å²) in [4.78, 5) is 53.2. The Morgan fingerprint density at radius 2 is 1.67 bits per heavy atom. The minimum atomic E-state index is -0.539. The summed E-state index contributed by atoms with van der Waals surface area (Å²) >= 11 is 0. The fourth-order valence-electron chi connectivity index (χ4n) is 5.81. The Hall–Kier alpha value is -4.70. The van der Waals surface area contributed by atoms with Crippen molar-refractivity contribution in [1.82, 2.24) is 9.80 Å². The Labute approximate surface area is 264 Å². The number of urea groups is 1. The highest BCUT2D eigenvalue weighted by Crippen LogP contribution is 2.39. The molecule has 1 atom stereocenters. The molecule has 0 spiro atoms. The Morgan fingerprint density at radius 1 is 0.933 bits per heavy atom. The summed E-state index contributed by atoms with van der Waals surface area (Å²) in [5.41, 5.74) is 3.65. The Kier molecular flexibility index (Phi) is 11.3. The van der Waals surface area contributed by atoms with Gasteiger partial charge in [0.2, 0.25) is 0 Å². The van der Waals surface area contributed by atoms with E-state index in [9.17, 15) is 19.2 Å². The van der Waals surface area contributed by atoms with Crippen LogP contribution in [0.2, 0.25) is 0 Å². The lowest BCUT2D eigenvalue weighted by Crippen LogP contribution is -2.61. The van der Waals surface area contributed by atoms with E-state index in [1.807, 2.05) is 56.4 Å². The minimum absolute atomic E-state index is 0.0125. The molecule has 0 bridgehead atoms. The van der Waals surface area contributed by atoms with E-state index in [4.69, 9.17) is 9.47 Å². The number of para-hydroxylation sites is 2. The lowest BCUT2D eigenvalue weighted by atomic mass is 9.91. The maximum Gasteiger partial charge on any atom is 0.338 e. The van der Waals surface area contributed by atoms with Crippen molar-refractivity contribution in [2.45, 2.75) is 51.5 Å². The molecule has 0 aliphatic heterocycles. The van der Waals surface area contributed by atoms with Crippen LogP contribution >= 0.6 is 0 Å². The third kappa shape index (κ3) is 8.48. The number of carbonyl (C=O) groups is 4. The SMILES string of the molecule is COC(=O)Cc1cccc(NC(=O)NCC(=O)[N+](C)(c2ccccc2OCC(=O)N(C)c2cccc(C)c2)C2CCCCC2)c1. The maximum atomic E-state index is 14.1. The molecule has 238 valence electrons. The first-order valence-corrected chi connectivity index (χ1v) is 15.3. The number of nitrogens with one attached hydrogen (secondary N) is 2. The Balaban J connectivity index is 1.49. The van der Waals surface area contributed by atoms with Gasteiger partial charge >= 0.3 is 17.9 Å². The normalized spacial score (nSPS) is 14.5. The molecular weight excluding hydrogens is 572 g/mol. The highest BCUT2D eigenvalue weighted by Gasteiger charge is 2.44. The van der Waals surface area contributed by atoms with Crippen LogP contribution in [0.5, 0.6) is 5.75 Å². The summed E-state index contributed by atoms with van der Waals surface area (Å²) in [5.74, 6) is -0.344. The van der Waals surface area contributed by atoms with E-state index in [1.54, 1.807) is 42.3 Å². The summed E-state index contributed by atoms with van der Waals surface area (Å²) in [6, 6.07) is 21.3. The molecule has 0 aromatic heterocycles. The Bertz CT molecular complexity index is 1520. The largest absolute Gasteiger partial charge is 0.477 e. The molecule has 1 saturated carbocycles. The second-order valence-corrected chi connectivity index (χ2v) is 11.6. The molecule has 0 saturated heterocycles. The van der Waals surface area contributed by atoms with Crippen molar-refractivity contribution in [3.8, 4) is 5.75 Å². The number of nitrogens with zero attached hydrogens (tertiary/aromatic N) is 2. The number of hydrogen-bond donors (Lipinski definition) is 2. The van der Waals surface area contributed by atoms with Gasteiger partial charge in [-0.1, -0.05) is 42.8 Å². The summed E-state index contributed by atoms with van der Waals surface area (Å²) in [7, 11) is 4.91. The van der Waals surface area contributed by atoms with E-state index in [1.165, 1.54) is 7.11 Å². The summed E-state index contributed by atoms with van der Waals surface area (Å²) < 4.78 is 10.8. The van der Waals surface area contributed by atoms with Gasteiger partial charge in [0, 0.05) is 37.3 Å². The number of likely N-dealkylation sites (N-methyl/N-ethyl adjacent to an activating group) is 2. The molecule has 1 aliphatic carbocycles. The summed E-state index contributed by atoms with van der Waals surface area (Å²) in [6.45, 7) is 1.55. The van der Waals surface area contributed by atoms with Crippen LogP contribution in [0.25, 0.3) is 0 Å². The van der Waals surface area contributed by atoms with Crippen LogP contribution in [0, 0.1) is 6.92 Å². The van der Waals surface area contributed by atoms with Gasteiger partial charge in [-0.25, -0.2) is 14.1 Å². The third-order valence-corrected chi connectivity index (χ3v) is 8.46. The van der Waals surface area contributed by atoms with Crippen molar-refractivity contribution in [2.24, 2.45) is 0 Å². The van der Waals surface area contributed by atoms with Crippen LogP contribution in [0.1, 0.15) is 43.2 Å². The van der Waals surface area contributed by atoms with E-state index in [-0.39, 0.29) is 47.9 Å². The van der Waals surface area contributed by atoms with Crippen LogP contribution in [0.15, 0.2) is 72.8 Å². The minimum Gasteiger partial charge on any atom is -0.477 e. The zero-order valence-corrected chi connectivity index (χ0v) is 26.5. The van der Waals surface area contributed by atoms with Crippen LogP contribution in [-0.2, 0) is 25.5 Å². The smallest absolute Gasteiger partial charge is 0.338 e. The van der Waals surface area contributed by atoms with Gasteiger partial charge < -0.3 is 25.0 Å². The number of ether oxygens (including phenoxy) is 2. The first kappa shape index (κ1) is 33.2. The zero-order chi connectivity index (χ0) is 32.4. The van der Waals surface area contributed by atoms with Gasteiger partial charge in [0.15, 0.2) is 18.0 Å². The molecular formula is C35H43N4O6+. The van der Waals surface area contributed by atoms with Crippen molar-refractivity contribution in [1.29, 1.82) is 0 Å². The maximum absolute atomic E-state index is 14.1. The van der Waals surface area contributed by atoms with E-state index in [0.717, 1.165) is 43.4 Å². The number of methoxy groups -OCH3 is 1. The molecule has 1 fully saturated rings. The van der Waals surface area contributed by atoms with E-state index in [0.29, 0.717) is 22.7 Å². The number of aryl methyl sites for hydroxylation is 1. The fourth-order valence-corrected chi connectivity index (χ4v) is 5.81. The van der Waals surface area contributed by atoms with Crippen LogP contribution in [-0.4, -0.2) is 64.2 Å². The zero-order valence-electron chi connectivity index (χ0n) is 26.5. The van der Waals surface area contributed by atoms with Crippen molar-refractivity contribution in [2.75, 3.05) is 44.6 Å². The second-order valence-electron chi connectivity index (χ2n) is 11.6. The van der Waals surface area contributed by atoms with Crippen LogP contribution in [0.4, 0.5) is 21.9 Å². The Morgan fingerprint density at radius 3 is 2.40 bits per heavy atom. The van der Waals surface area contributed by atoms with Gasteiger partial charge in [-0.3, -0.25) is 9.59 Å². The molecule has 1 unspecified atom stereocenters. The molecule has 0 radical (unpaired) electrons. The van der Waals surface area contributed by atoms with Gasteiger partial charge in [0.1, 0.15) is 12.6 Å². The molecule has 3 aromatic rings. The first-order valence-electron chi connectivity index (χ1n) is 15.3. The van der Waals surface area contributed by atoms with Gasteiger partial charge in [0.05, 0.1) is 20.6 Å². The number of esters is 1. The number of rotatable bonds is 11. The molecule has 10 heteroatoms. The van der Waals surface area contributed by atoms with Gasteiger partial charge in [-0.15, -0.1) is 0 Å². The summed E-state index contributed by atoms with van der Waals surface area (Å²) in [6.07, 6.45) is 4.90. The van der Waals surface area contributed by atoms with Crippen molar-refractivity contribution in [3.05, 3.63) is 83.9 Å². The van der Waals surface area contributed by atoms with Crippen molar-refractivity contribution >= 4 is 40.9 Å². The molecule has 1 aliphatic rings. The molecule has 3 aromatic carbocycles. The standard InChI is InChI=1S/C35H42N4O6/c1-25-12-10-15-28(20-25)38(2)32(40)24-45-31-19-9-8-18-30(31)39(3,29-16-6-5-7-17-29)33(41)23-36-35(43)37-27-14-11-13-26(21-27)22-34(42)44-4/h8-15,18-21,29H,5-7,16-17,22-24H2,1-4H3,(H-,36,37,43)/p+1. The number of amides is 4. The molecule has 4 amide bonds. The molecule has 2 N–H and O–H groups in total. The van der Waals surface area contributed by atoms with Gasteiger partial charge in [-0.05, 0) is 61.2 Å². The average Bonchev–Trinajstić information content (AvgIpc) is 3.06. The van der Waals surface area contributed by atoms with E-state index >= 15 is 0 Å². The van der Waals surface area contributed by atoms with Crippen LogP contribution in [0.3, 0.4) is 0 Å². The van der Waals surface area contributed by atoms with Gasteiger partial charge in [-0.2, -0.15) is 0 Å². The molecule has 0 heterocycles. The predicted molar refractivity (Wildman–Crippen MR) is 175 cm³/mol. The van der Waals surface area contributed by atoms with E-state index < -0.39 is 6.03 Å². The quantitative estimate of drug-likeness (QED) is 0.222. The monoisotopic (exact) mass is 615 g/mol. The number of quaternary nitrogens is 1. The molecule has 10 nitrogen and oxygen atoms in total. The topological polar surface area (TPSA) is 114 Å². The number of benzene rings is 3.